The maximum atomic E-state index is 11.6. The molecule has 3 aromatic rings. The lowest BCUT2D eigenvalue weighted by Gasteiger charge is -2.22. The number of ether oxygens (including phenoxy) is 1. The van der Waals surface area contributed by atoms with Gasteiger partial charge in [0.1, 0.15) is 23.6 Å². The lowest BCUT2D eigenvalue weighted by molar-refractivity contribution is 0.0697. The molecule has 0 atom stereocenters. The van der Waals surface area contributed by atoms with Crippen molar-refractivity contribution in [1.82, 2.24) is 14.8 Å². The summed E-state index contributed by atoms with van der Waals surface area (Å²) >= 11 is 1.69. The molecule has 2 heterocycles. The second-order valence-electron chi connectivity index (χ2n) is 7.31. The van der Waals surface area contributed by atoms with Gasteiger partial charge in [-0.2, -0.15) is 5.10 Å². The smallest absolute Gasteiger partial charge is 0.339 e. The topological polar surface area (TPSA) is 77.2 Å². The molecule has 0 aliphatic carbocycles. The Labute approximate surface area is 168 Å². The van der Waals surface area contributed by atoms with E-state index in [1.54, 1.807) is 34.8 Å². The van der Waals surface area contributed by atoms with Gasteiger partial charge in [0.2, 0.25) is 0 Å². The molecule has 1 aromatic carbocycles. The predicted molar refractivity (Wildman–Crippen MR) is 110 cm³/mol. The summed E-state index contributed by atoms with van der Waals surface area (Å²) in [6.07, 6.45) is 5.02. The number of aromatic nitrogens is 3. The summed E-state index contributed by atoms with van der Waals surface area (Å²) in [5.41, 5.74) is 1.86. The fourth-order valence-corrected chi connectivity index (χ4v) is 3.28. The number of carboxylic acid groups (broad SMARTS) is 1. The number of benzene rings is 1. The summed E-state index contributed by atoms with van der Waals surface area (Å²) in [7, 11) is 0. The van der Waals surface area contributed by atoms with Crippen molar-refractivity contribution in [2.45, 2.75) is 37.8 Å². The molecular formula is C21H23N3O3S. The van der Waals surface area contributed by atoms with E-state index in [0.717, 1.165) is 5.56 Å². The Bertz CT molecular complexity index is 975. The zero-order chi connectivity index (χ0) is 20.3. The summed E-state index contributed by atoms with van der Waals surface area (Å²) in [5, 5.41) is 13.8. The Kier molecular flexibility index (Phi) is 5.74. The zero-order valence-electron chi connectivity index (χ0n) is 16.3. The number of carboxylic acids is 1. The zero-order valence-corrected chi connectivity index (χ0v) is 17.2. The van der Waals surface area contributed by atoms with Crippen molar-refractivity contribution >= 4 is 17.7 Å². The Balaban J connectivity index is 1.83. The van der Waals surface area contributed by atoms with Crippen molar-refractivity contribution in [1.29, 1.82) is 0 Å². The van der Waals surface area contributed by atoms with Crippen LogP contribution in [0.1, 0.15) is 36.7 Å². The van der Waals surface area contributed by atoms with E-state index in [0.29, 0.717) is 23.7 Å². The highest BCUT2D eigenvalue weighted by atomic mass is 32.2. The molecule has 0 bridgehead atoms. The molecule has 28 heavy (non-hydrogen) atoms. The van der Waals surface area contributed by atoms with Crippen LogP contribution in [0.3, 0.4) is 0 Å². The van der Waals surface area contributed by atoms with Crippen LogP contribution in [0.2, 0.25) is 0 Å². The fourth-order valence-electron chi connectivity index (χ4n) is 2.79. The molecule has 0 aliphatic rings. The molecule has 0 fully saturated rings. The van der Waals surface area contributed by atoms with E-state index in [1.165, 1.54) is 11.1 Å². The average molecular weight is 398 g/mol. The molecule has 6 nitrogen and oxygen atoms in total. The van der Waals surface area contributed by atoms with E-state index in [-0.39, 0.29) is 11.1 Å². The highest BCUT2D eigenvalue weighted by Crippen LogP contribution is 2.28. The van der Waals surface area contributed by atoms with E-state index < -0.39 is 5.97 Å². The molecule has 0 amide bonds. The van der Waals surface area contributed by atoms with E-state index >= 15 is 0 Å². The number of nitrogens with zero attached hydrogens (tertiary/aromatic N) is 3. The summed E-state index contributed by atoms with van der Waals surface area (Å²) in [6.45, 7) is 6.34. The number of thioether (sulfide) groups is 1. The van der Waals surface area contributed by atoms with Crippen LogP contribution in [0.5, 0.6) is 5.75 Å². The average Bonchev–Trinajstić information content (AvgIpc) is 3.13. The van der Waals surface area contributed by atoms with Crippen LogP contribution < -0.4 is 4.74 Å². The highest BCUT2D eigenvalue weighted by Gasteiger charge is 2.25. The van der Waals surface area contributed by atoms with Gasteiger partial charge in [-0.05, 0) is 56.9 Å². The number of hydrogen-bond acceptors (Lipinski definition) is 5. The van der Waals surface area contributed by atoms with Crippen LogP contribution in [0.15, 0.2) is 53.7 Å². The summed E-state index contributed by atoms with van der Waals surface area (Å²) in [6, 6.07) is 11.7. The molecule has 146 valence electrons. The maximum absolute atomic E-state index is 11.6. The molecule has 1 N–H and O–H groups in total. The normalized spacial score (nSPS) is 11.4. The summed E-state index contributed by atoms with van der Waals surface area (Å²) in [5.74, 6) is -0.404. The number of hydrogen-bond donors (Lipinski definition) is 1. The monoisotopic (exact) mass is 397 g/mol. The molecule has 0 aliphatic heterocycles. The molecule has 0 unspecified atom stereocenters. The number of aromatic carboxylic acids is 1. The first-order valence-electron chi connectivity index (χ1n) is 8.83. The number of carbonyl (C=O) groups is 1. The van der Waals surface area contributed by atoms with Gasteiger partial charge in [-0.3, -0.25) is 9.67 Å². The van der Waals surface area contributed by atoms with Gasteiger partial charge in [0.15, 0.2) is 0 Å². The Morgan fingerprint density at radius 1 is 1.21 bits per heavy atom. The van der Waals surface area contributed by atoms with Gasteiger partial charge >= 0.3 is 5.97 Å². The van der Waals surface area contributed by atoms with Gasteiger partial charge in [-0.25, -0.2) is 4.79 Å². The predicted octanol–water partition coefficient (Wildman–Crippen LogP) is 4.70. The van der Waals surface area contributed by atoms with E-state index in [1.807, 2.05) is 39.2 Å². The number of rotatable bonds is 6. The molecule has 7 heteroatoms. The minimum Gasteiger partial charge on any atom is -0.487 e. The first-order chi connectivity index (χ1) is 13.3. The van der Waals surface area contributed by atoms with E-state index in [4.69, 9.17) is 4.74 Å². The third kappa shape index (κ3) is 4.36. The molecule has 0 saturated carbocycles. The van der Waals surface area contributed by atoms with Crippen LogP contribution in [0.4, 0.5) is 0 Å². The van der Waals surface area contributed by atoms with Crippen molar-refractivity contribution in [3.63, 3.8) is 0 Å². The Hall–Kier alpha value is -2.80. The van der Waals surface area contributed by atoms with Crippen molar-refractivity contribution in [3.8, 4) is 17.1 Å². The maximum Gasteiger partial charge on any atom is 0.339 e. The van der Waals surface area contributed by atoms with Crippen LogP contribution >= 0.6 is 11.8 Å². The third-order valence-corrected chi connectivity index (χ3v) is 4.88. The largest absolute Gasteiger partial charge is 0.487 e. The lowest BCUT2D eigenvalue weighted by Crippen LogP contribution is -2.24. The van der Waals surface area contributed by atoms with E-state index in [2.05, 4.69) is 22.2 Å². The fraction of sp³-hybridized carbons (Fsp3) is 0.286. The van der Waals surface area contributed by atoms with Gasteiger partial charge in [0, 0.05) is 4.90 Å². The molecule has 0 saturated heterocycles. The van der Waals surface area contributed by atoms with Crippen LogP contribution in [-0.2, 0) is 12.1 Å². The highest BCUT2D eigenvalue weighted by molar-refractivity contribution is 7.98. The molecule has 0 spiro atoms. The van der Waals surface area contributed by atoms with Crippen molar-refractivity contribution in [3.05, 3.63) is 59.9 Å². The first kappa shape index (κ1) is 19.9. The lowest BCUT2D eigenvalue weighted by atomic mass is 10.1. The minimum atomic E-state index is -1.03. The molecule has 3 rings (SSSR count). The van der Waals surface area contributed by atoms with Gasteiger partial charge in [0.05, 0.1) is 23.6 Å². The Morgan fingerprint density at radius 3 is 2.61 bits per heavy atom. The third-order valence-electron chi connectivity index (χ3n) is 4.15. The van der Waals surface area contributed by atoms with Crippen molar-refractivity contribution in [2.24, 2.45) is 0 Å². The van der Waals surface area contributed by atoms with Crippen LogP contribution in [0.25, 0.3) is 11.4 Å². The van der Waals surface area contributed by atoms with E-state index in [9.17, 15) is 9.90 Å². The second kappa shape index (κ2) is 8.06. The van der Waals surface area contributed by atoms with Crippen LogP contribution in [-0.4, -0.2) is 32.1 Å². The SMILES string of the molecule is CSc1cccc(COc2ccc(-c3c(C(=O)O)cnn3C(C)(C)C)nc2)c1. The van der Waals surface area contributed by atoms with Crippen molar-refractivity contribution in [2.75, 3.05) is 6.26 Å². The standard InChI is InChI=1S/C21H23N3O3S/c1-21(2,3)24-19(17(12-23-24)20(25)26)18-9-8-15(11-22-18)27-13-14-6-5-7-16(10-14)28-4/h5-12H,13H2,1-4H3,(H,25,26). The number of pyridine rings is 1. The second-order valence-corrected chi connectivity index (χ2v) is 8.19. The van der Waals surface area contributed by atoms with Gasteiger partial charge < -0.3 is 9.84 Å². The van der Waals surface area contributed by atoms with Gasteiger partial charge in [-0.15, -0.1) is 11.8 Å². The summed E-state index contributed by atoms with van der Waals surface area (Å²) < 4.78 is 7.52. The van der Waals surface area contributed by atoms with Crippen LogP contribution in [0, 0.1) is 0 Å². The minimum absolute atomic E-state index is 0.130. The van der Waals surface area contributed by atoms with Gasteiger partial charge in [-0.1, -0.05) is 12.1 Å². The summed E-state index contributed by atoms with van der Waals surface area (Å²) in [4.78, 5) is 17.2. The molecular weight excluding hydrogens is 374 g/mol. The van der Waals surface area contributed by atoms with Crippen molar-refractivity contribution < 1.29 is 14.6 Å². The van der Waals surface area contributed by atoms with Gasteiger partial charge in [0.25, 0.3) is 0 Å². The first-order valence-corrected chi connectivity index (χ1v) is 10.1. The Morgan fingerprint density at radius 2 is 2.00 bits per heavy atom. The molecule has 0 radical (unpaired) electrons. The quantitative estimate of drug-likeness (QED) is 0.608. The molecule has 2 aromatic heterocycles.